The van der Waals surface area contributed by atoms with Gasteiger partial charge in [-0.25, -0.2) is 0 Å². The maximum atomic E-state index is 11.6. The average Bonchev–Trinajstić information content (AvgIpc) is 2.52. The Morgan fingerprint density at radius 3 is 2.81 bits per heavy atom. The molecule has 1 aliphatic heterocycles. The van der Waals surface area contributed by atoms with E-state index in [0.717, 1.165) is 52.1 Å². The molecule has 0 aromatic carbocycles. The first-order chi connectivity index (χ1) is 7.77. The summed E-state index contributed by atoms with van der Waals surface area (Å²) in [6.45, 7) is 5.66. The predicted octanol–water partition coefficient (Wildman–Crippen LogP) is -0.484. The fourth-order valence-corrected chi connectivity index (χ4v) is 1.97. The molecule has 1 saturated heterocycles. The Morgan fingerprint density at radius 1 is 1.31 bits per heavy atom. The Morgan fingerprint density at radius 2 is 2.12 bits per heavy atom. The topological polar surface area (TPSA) is 58.8 Å². The molecule has 0 unspecified atom stereocenters. The van der Waals surface area contributed by atoms with Crippen molar-refractivity contribution in [1.82, 2.24) is 9.80 Å². The van der Waals surface area contributed by atoms with Gasteiger partial charge in [0.1, 0.15) is 6.61 Å². The third-order valence-electron chi connectivity index (χ3n) is 2.89. The summed E-state index contributed by atoms with van der Waals surface area (Å²) in [7, 11) is 1.56. The fraction of sp³-hybridized carbons (Fsp3) is 0.909. The van der Waals surface area contributed by atoms with E-state index in [9.17, 15) is 4.79 Å². The number of ether oxygens (including phenoxy) is 1. The first-order valence-electron chi connectivity index (χ1n) is 5.97. The number of hydrogen-bond donors (Lipinski definition) is 1. The van der Waals surface area contributed by atoms with Gasteiger partial charge in [-0.3, -0.25) is 4.79 Å². The monoisotopic (exact) mass is 229 g/mol. The summed E-state index contributed by atoms with van der Waals surface area (Å²) in [5.41, 5.74) is 5.49. The molecule has 0 radical (unpaired) electrons. The molecule has 1 aliphatic rings. The van der Waals surface area contributed by atoms with Crippen LogP contribution >= 0.6 is 0 Å². The van der Waals surface area contributed by atoms with Crippen LogP contribution in [0, 0.1) is 0 Å². The predicted molar refractivity (Wildman–Crippen MR) is 63.2 cm³/mol. The number of hydrogen-bond acceptors (Lipinski definition) is 4. The minimum atomic E-state index is 0.100. The van der Waals surface area contributed by atoms with E-state index in [-0.39, 0.29) is 12.5 Å². The van der Waals surface area contributed by atoms with E-state index in [0.29, 0.717) is 0 Å². The Hall–Kier alpha value is -0.650. The molecule has 0 aromatic heterocycles. The van der Waals surface area contributed by atoms with Crippen molar-refractivity contribution in [2.24, 2.45) is 5.73 Å². The Kier molecular flexibility index (Phi) is 6.37. The van der Waals surface area contributed by atoms with Crippen LogP contribution in [-0.4, -0.2) is 68.7 Å². The van der Waals surface area contributed by atoms with Crippen LogP contribution in [0.2, 0.25) is 0 Å². The van der Waals surface area contributed by atoms with Gasteiger partial charge in [-0.05, 0) is 32.5 Å². The average molecular weight is 229 g/mol. The molecule has 0 saturated carbocycles. The molecule has 0 spiro atoms. The van der Waals surface area contributed by atoms with Crippen molar-refractivity contribution in [2.75, 3.05) is 53.0 Å². The van der Waals surface area contributed by atoms with Gasteiger partial charge >= 0.3 is 0 Å². The van der Waals surface area contributed by atoms with E-state index in [1.165, 1.54) is 0 Å². The molecule has 1 rings (SSSR count). The molecular weight excluding hydrogens is 206 g/mol. The van der Waals surface area contributed by atoms with Gasteiger partial charge in [-0.15, -0.1) is 0 Å². The molecule has 0 atom stereocenters. The molecule has 0 aliphatic carbocycles. The number of methoxy groups -OCH3 is 1. The van der Waals surface area contributed by atoms with Crippen molar-refractivity contribution in [3.63, 3.8) is 0 Å². The summed E-state index contributed by atoms with van der Waals surface area (Å²) in [5, 5.41) is 0. The van der Waals surface area contributed by atoms with Gasteiger partial charge in [0.05, 0.1) is 0 Å². The zero-order valence-electron chi connectivity index (χ0n) is 10.2. The maximum Gasteiger partial charge on any atom is 0.248 e. The highest BCUT2D eigenvalue weighted by atomic mass is 16.5. The summed E-state index contributed by atoms with van der Waals surface area (Å²) in [5.74, 6) is 0.100. The smallest absolute Gasteiger partial charge is 0.248 e. The van der Waals surface area contributed by atoms with E-state index in [2.05, 4.69) is 4.90 Å². The van der Waals surface area contributed by atoms with Crippen LogP contribution in [0.15, 0.2) is 0 Å². The molecule has 0 bridgehead atoms. The van der Waals surface area contributed by atoms with Crippen LogP contribution in [0.5, 0.6) is 0 Å². The summed E-state index contributed by atoms with van der Waals surface area (Å²) < 4.78 is 4.87. The Bertz CT molecular complexity index is 211. The second-order valence-electron chi connectivity index (χ2n) is 4.15. The second-order valence-corrected chi connectivity index (χ2v) is 4.15. The Labute approximate surface area is 97.5 Å². The van der Waals surface area contributed by atoms with Crippen molar-refractivity contribution in [3.05, 3.63) is 0 Å². The number of rotatable bonds is 5. The number of carbonyl (C=O) groups is 1. The standard InChI is InChI=1S/C11H23N3O2/c1-16-10-11(15)14-7-3-6-13(8-9-14)5-2-4-12/h2-10,12H2,1H3. The van der Waals surface area contributed by atoms with Gasteiger partial charge in [0.2, 0.25) is 5.91 Å². The van der Waals surface area contributed by atoms with E-state index >= 15 is 0 Å². The number of carbonyl (C=O) groups excluding carboxylic acids is 1. The van der Waals surface area contributed by atoms with E-state index < -0.39 is 0 Å². The number of amides is 1. The van der Waals surface area contributed by atoms with Crippen molar-refractivity contribution < 1.29 is 9.53 Å². The lowest BCUT2D eigenvalue weighted by molar-refractivity contribution is -0.135. The third-order valence-corrected chi connectivity index (χ3v) is 2.89. The van der Waals surface area contributed by atoms with Crippen LogP contribution in [-0.2, 0) is 9.53 Å². The van der Waals surface area contributed by atoms with Crippen molar-refractivity contribution in [3.8, 4) is 0 Å². The summed E-state index contributed by atoms with van der Waals surface area (Å²) in [4.78, 5) is 15.9. The zero-order valence-corrected chi connectivity index (χ0v) is 10.2. The first kappa shape index (κ1) is 13.4. The summed E-state index contributed by atoms with van der Waals surface area (Å²) in [6.07, 6.45) is 2.08. The minimum absolute atomic E-state index is 0.100. The van der Waals surface area contributed by atoms with Crippen LogP contribution in [0.3, 0.4) is 0 Å². The lowest BCUT2D eigenvalue weighted by Gasteiger charge is -2.21. The Balaban J connectivity index is 2.31. The highest BCUT2D eigenvalue weighted by molar-refractivity contribution is 5.77. The molecule has 1 fully saturated rings. The second kappa shape index (κ2) is 7.60. The molecular formula is C11H23N3O2. The minimum Gasteiger partial charge on any atom is -0.375 e. The largest absolute Gasteiger partial charge is 0.375 e. The van der Waals surface area contributed by atoms with Crippen LogP contribution in [0.1, 0.15) is 12.8 Å². The molecule has 5 heteroatoms. The van der Waals surface area contributed by atoms with Crippen molar-refractivity contribution >= 4 is 5.91 Å². The molecule has 2 N–H and O–H groups in total. The molecule has 1 heterocycles. The van der Waals surface area contributed by atoms with Gasteiger partial charge in [-0.2, -0.15) is 0 Å². The van der Waals surface area contributed by atoms with Crippen molar-refractivity contribution in [2.45, 2.75) is 12.8 Å². The molecule has 94 valence electrons. The van der Waals surface area contributed by atoms with Crippen LogP contribution < -0.4 is 5.73 Å². The third kappa shape index (κ3) is 4.47. The van der Waals surface area contributed by atoms with Gasteiger partial charge in [-0.1, -0.05) is 0 Å². The van der Waals surface area contributed by atoms with Gasteiger partial charge in [0.15, 0.2) is 0 Å². The van der Waals surface area contributed by atoms with E-state index in [1.807, 2.05) is 4.90 Å². The van der Waals surface area contributed by atoms with Gasteiger partial charge in [0.25, 0.3) is 0 Å². The van der Waals surface area contributed by atoms with Gasteiger partial charge in [0, 0.05) is 26.7 Å². The van der Waals surface area contributed by atoms with E-state index in [1.54, 1.807) is 7.11 Å². The quantitative estimate of drug-likeness (QED) is 0.691. The van der Waals surface area contributed by atoms with Gasteiger partial charge < -0.3 is 20.3 Å². The first-order valence-corrected chi connectivity index (χ1v) is 5.97. The zero-order chi connectivity index (χ0) is 11.8. The molecule has 1 amide bonds. The van der Waals surface area contributed by atoms with Crippen LogP contribution in [0.25, 0.3) is 0 Å². The number of nitrogens with two attached hydrogens (primary N) is 1. The fourth-order valence-electron chi connectivity index (χ4n) is 1.97. The van der Waals surface area contributed by atoms with E-state index in [4.69, 9.17) is 10.5 Å². The summed E-state index contributed by atoms with van der Waals surface area (Å²) >= 11 is 0. The number of nitrogens with zero attached hydrogens (tertiary/aromatic N) is 2. The maximum absolute atomic E-state index is 11.6. The lowest BCUT2D eigenvalue weighted by Crippen LogP contribution is -2.37. The van der Waals surface area contributed by atoms with Crippen molar-refractivity contribution in [1.29, 1.82) is 0 Å². The van der Waals surface area contributed by atoms with Crippen LogP contribution in [0.4, 0.5) is 0 Å². The molecule has 16 heavy (non-hydrogen) atoms. The summed E-state index contributed by atoms with van der Waals surface area (Å²) in [6, 6.07) is 0. The lowest BCUT2D eigenvalue weighted by atomic mass is 10.3. The molecule has 5 nitrogen and oxygen atoms in total. The highest BCUT2D eigenvalue weighted by Crippen LogP contribution is 2.04. The SMILES string of the molecule is COCC(=O)N1CCCN(CCCN)CC1. The highest BCUT2D eigenvalue weighted by Gasteiger charge is 2.18. The molecule has 0 aromatic rings. The normalized spacial score (nSPS) is 18.5.